The predicted molar refractivity (Wildman–Crippen MR) is 117 cm³/mol. The van der Waals surface area contributed by atoms with E-state index in [2.05, 4.69) is 17.2 Å². The third-order valence-electron chi connectivity index (χ3n) is 4.73. The maximum absolute atomic E-state index is 13.1. The number of nitrogens with zero attached hydrogens (tertiary/aromatic N) is 2. The number of rotatable bonds is 6. The molecule has 0 aliphatic carbocycles. The van der Waals surface area contributed by atoms with Crippen molar-refractivity contribution in [2.75, 3.05) is 16.8 Å². The SMILES string of the molecule is CCc1ccc(NC(=O)c2cc(C(=O)N(CC)c3cccc(C)c3)ccn2)cc1. The van der Waals surface area contributed by atoms with Gasteiger partial charge in [0.25, 0.3) is 11.8 Å². The Balaban J connectivity index is 1.80. The highest BCUT2D eigenvalue weighted by molar-refractivity contribution is 6.08. The van der Waals surface area contributed by atoms with E-state index < -0.39 is 0 Å². The quantitative estimate of drug-likeness (QED) is 0.656. The summed E-state index contributed by atoms with van der Waals surface area (Å²) in [5.41, 5.74) is 4.43. The third-order valence-corrected chi connectivity index (χ3v) is 4.73. The second-order valence-corrected chi connectivity index (χ2v) is 6.82. The highest BCUT2D eigenvalue weighted by Crippen LogP contribution is 2.19. The molecule has 0 aliphatic heterocycles. The van der Waals surface area contributed by atoms with Gasteiger partial charge in [-0.2, -0.15) is 0 Å². The summed E-state index contributed by atoms with van der Waals surface area (Å²) in [6.45, 7) is 6.52. The van der Waals surface area contributed by atoms with Gasteiger partial charge in [-0.3, -0.25) is 14.6 Å². The Bertz CT molecular complexity index is 1010. The third kappa shape index (κ3) is 4.88. The number of benzene rings is 2. The second kappa shape index (κ2) is 9.15. The number of hydrogen-bond acceptors (Lipinski definition) is 3. The monoisotopic (exact) mass is 387 g/mol. The van der Waals surface area contributed by atoms with Gasteiger partial charge in [-0.25, -0.2) is 0 Å². The number of nitrogens with one attached hydrogen (secondary N) is 1. The minimum atomic E-state index is -0.345. The lowest BCUT2D eigenvalue weighted by Gasteiger charge is -2.21. The average molecular weight is 387 g/mol. The normalized spacial score (nSPS) is 10.4. The molecule has 5 heteroatoms. The predicted octanol–water partition coefficient (Wildman–Crippen LogP) is 4.87. The first-order valence-electron chi connectivity index (χ1n) is 9.76. The van der Waals surface area contributed by atoms with Gasteiger partial charge < -0.3 is 10.2 Å². The van der Waals surface area contributed by atoms with E-state index in [4.69, 9.17) is 0 Å². The minimum absolute atomic E-state index is 0.165. The Labute approximate surface area is 171 Å². The molecule has 0 spiro atoms. The lowest BCUT2D eigenvalue weighted by Crippen LogP contribution is -2.31. The lowest BCUT2D eigenvalue weighted by atomic mass is 10.1. The summed E-state index contributed by atoms with van der Waals surface area (Å²) >= 11 is 0. The standard InChI is InChI=1S/C24H25N3O2/c1-4-18-9-11-20(12-10-18)26-23(28)22-16-19(13-14-25-22)24(29)27(5-2)21-8-6-7-17(3)15-21/h6-16H,4-5H2,1-3H3,(H,26,28). The van der Waals surface area contributed by atoms with E-state index in [-0.39, 0.29) is 17.5 Å². The number of pyridine rings is 1. The van der Waals surface area contributed by atoms with Crippen LogP contribution in [0.2, 0.25) is 0 Å². The molecule has 0 bridgehead atoms. The number of hydrogen-bond donors (Lipinski definition) is 1. The van der Waals surface area contributed by atoms with Gasteiger partial charge in [0.05, 0.1) is 0 Å². The highest BCUT2D eigenvalue weighted by Gasteiger charge is 2.18. The number of carbonyl (C=O) groups excluding carboxylic acids is 2. The summed E-state index contributed by atoms with van der Waals surface area (Å²) in [5, 5.41) is 2.83. The lowest BCUT2D eigenvalue weighted by molar-refractivity contribution is 0.0988. The van der Waals surface area contributed by atoms with Crippen molar-refractivity contribution in [1.29, 1.82) is 0 Å². The van der Waals surface area contributed by atoms with Crippen molar-refractivity contribution < 1.29 is 9.59 Å². The van der Waals surface area contributed by atoms with E-state index in [0.29, 0.717) is 17.8 Å². The van der Waals surface area contributed by atoms with Crippen molar-refractivity contribution in [2.24, 2.45) is 0 Å². The van der Waals surface area contributed by atoms with E-state index in [9.17, 15) is 9.59 Å². The van der Waals surface area contributed by atoms with Gasteiger partial charge in [-0.05, 0) is 67.8 Å². The second-order valence-electron chi connectivity index (χ2n) is 6.82. The molecule has 0 radical (unpaired) electrons. The van der Waals surface area contributed by atoms with Crippen molar-refractivity contribution in [3.63, 3.8) is 0 Å². The van der Waals surface area contributed by atoms with Gasteiger partial charge in [0.15, 0.2) is 0 Å². The number of anilines is 2. The number of amides is 2. The van der Waals surface area contributed by atoms with Crippen LogP contribution in [0.15, 0.2) is 66.9 Å². The topological polar surface area (TPSA) is 62.3 Å². The van der Waals surface area contributed by atoms with Crippen LogP contribution >= 0.6 is 0 Å². The van der Waals surface area contributed by atoms with Crippen molar-refractivity contribution in [1.82, 2.24) is 4.98 Å². The molecule has 1 N–H and O–H groups in total. The fraction of sp³-hybridized carbons (Fsp3) is 0.208. The van der Waals surface area contributed by atoms with E-state index in [1.807, 2.05) is 62.4 Å². The zero-order valence-electron chi connectivity index (χ0n) is 17.0. The summed E-state index contributed by atoms with van der Waals surface area (Å²) in [7, 11) is 0. The summed E-state index contributed by atoms with van der Waals surface area (Å²) in [6, 6.07) is 18.6. The molecule has 148 valence electrons. The van der Waals surface area contributed by atoms with Crippen molar-refractivity contribution in [2.45, 2.75) is 27.2 Å². The molecule has 1 heterocycles. The largest absolute Gasteiger partial charge is 0.321 e. The van der Waals surface area contributed by atoms with Crippen LogP contribution in [0.3, 0.4) is 0 Å². The van der Waals surface area contributed by atoms with Gasteiger partial charge >= 0.3 is 0 Å². The van der Waals surface area contributed by atoms with Crippen LogP contribution in [-0.2, 0) is 6.42 Å². The summed E-state index contributed by atoms with van der Waals surface area (Å²) < 4.78 is 0. The van der Waals surface area contributed by atoms with Crippen LogP contribution in [0.25, 0.3) is 0 Å². The Hall–Kier alpha value is -3.47. The summed E-state index contributed by atoms with van der Waals surface area (Å²) in [5.74, 6) is -0.510. The molecular weight excluding hydrogens is 362 g/mol. The zero-order chi connectivity index (χ0) is 20.8. The number of aryl methyl sites for hydroxylation is 2. The Kier molecular flexibility index (Phi) is 6.39. The Morgan fingerprint density at radius 2 is 1.76 bits per heavy atom. The van der Waals surface area contributed by atoms with Crippen LogP contribution in [0, 0.1) is 6.92 Å². The maximum Gasteiger partial charge on any atom is 0.274 e. The molecule has 2 amide bonds. The molecule has 0 saturated carbocycles. The minimum Gasteiger partial charge on any atom is -0.321 e. The molecule has 3 rings (SSSR count). The molecule has 29 heavy (non-hydrogen) atoms. The first-order chi connectivity index (χ1) is 14.0. The molecule has 0 atom stereocenters. The van der Waals surface area contributed by atoms with Crippen molar-refractivity contribution >= 4 is 23.2 Å². The van der Waals surface area contributed by atoms with E-state index in [1.54, 1.807) is 11.0 Å². The number of aromatic nitrogens is 1. The molecule has 0 fully saturated rings. The van der Waals surface area contributed by atoms with Crippen LogP contribution in [0.1, 0.15) is 45.8 Å². The molecule has 0 aliphatic rings. The average Bonchev–Trinajstić information content (AvgIpc) is 2.75. The molecule has 1 aromatic heterocycles. The zero-order valence-corrected chi connectivity index (χ0v) is 17.0. The molecule has 2 aromatic carbocycles. The van der Waals surface area contributed by atoms with Gasteiger partial charge in [0.2, 0.25) is 0 Å². The Morgan fingerprint density at radius 1 is 1.00 bits per heavy atom. The van der Waals surface area contributed by atoms with Crippen LogP contribution in [0.4, 0.5) is 11.4 Å². The van der Waals surface area contributed by atoms with Gasteiger partial charge in [0, 0.05) is 29.7 Å². The number of carbonyl (C=O) groups is 2. The van der Waals surface area contributed by atoms with Gasteiger partial charge in [-0.15, -0.1) is 0 Å². The molecule has 3 aromatic rings. The van der Waals surface area contributed by atoms with E-state index >= 15 is 0 Å². The molecule has 0 saturated heterocycles. The van der Waals surface area contributed by atoms with Crippen molar-refractivity contribution in [3.05, 3.63) is 89.2 Å². The van der Waals surface area contributed by atoms with Crippen LogP contribution in [-0.4, -0.2) is 23.3 Å². The fourth-order valence-electron chi connectivity index (χ4n) is 3.10. The summed E-state index contributed by atoms with van der Waals surface area (Å²) in [4.78, 5) is 31.5. The first-order valence-corrected chi connectivity index (χ1v) is 9.76. The molecular formula is C24H25N3O2. The fourth-order valence-corrected chi connectivity index (χ4v) is 3.10. The molecule has 5 nitrogen and oxygen atoms in total. The first kappa shape index (κ1) is 20.3. The summed E-state index contributed by atoms with van der Waals surface area (Å²) in [6.07, 6.45) is 2.43. The van der Waals surface area contributed by atoms with Gasteiger partial charge in [-0.1, -0.05) is 31.2 Å². The van der Waals surface area contributed by atoms with Gasteiger partial charge in [0.1, 0.15) is 5.69 Å². The maximum atomic E-state index is 13.1. The van der Waals surface area contributed by atoms with E-state index in [0.717, 1.165) is 17.7 Å². The van der Waals surface area contributed by atoms with Crippen LogP contribution < -0.4 is 10.2 Å². The Morgan fingerprint density at radius 3 is 2.41 bits per heavy atom. The molecule has 0 unspecified atom stereocenters. The van der Waals surface area contributed by atoms with E-state index in [1.165, 1.54) is 17.8 Å². The highest BCUT2D eigenvalue weighted by atomic mass is 16.2. The van der Waals surface area contributed by atoms with Crippen molar-refractivity contribution in [3.8, 4) is 0 Å². The smallest absolute Gasteiger partial charge is 0.274 e. The van der Waals surface area contributed by atoms with Crippen LogP contribution in [0.5, 0.6) is 0 Å².